The number of allylic oxidation sites excluding steroid dienone is 1. The van der Waals surface area contributed by atoms with Gasteiger partial charge in [-0.15, -0.1) is 0 Å². The molecule has 0 heterocycles. The molecule has 3 heteroatoms. The second-order valence-electron chi connectivity index (χ2n) is 2.86. The van der Waals surface area contributed by atoms with Gasteiger partial charge in [-0.25, -0.2) is 0 Å². The molecular formula is C9H16O2Si. The van der Waals surface area contributed by atoms with E-state index in [4.69, 9.17) is 4.74 Å². The van der Waals surface area contributed by atoms with Gasteiger partial charge in [0, 0.05) is 0 Å². The van der Waals surface area contributed by atoms with Crippen molar-refractivity contribution < 1.29 is 9.20 Å². The molecule has 0 aliphatic heterocycles. The Balaban J connectivity index is 3.38. The third-order valence-corrected chi connectivity index (χ3v) is 2.48. The Morgan fingerprint density at radius 3 is 2.50 bits per heavy atom. The molecule has 0 radical (unpaired) electrons. The first-order valence-corrected chi connectivity index (χ1v) is 6.12. The molecule has 0 fully saturated rings. The molecule has 0 N–H and O–H groups in total. The third-order valence-electron chi connectivity index (χ3n) is 1.43. The maximum absolute atomic E-state index is 10.7. The molecule has 0 aliphatic carbocycles. The quantitative estimate of drug-likeness (QED) is 0.274. The minimum atomic E-state index is -1.33. The summed E-state index contributed by atoms with van der Waals surface area (Å²) in [6.07, 6.45) is 0.834. The fourth-order valence-electron chi connectivity index (χ4n) is 0.640. The van der Waals surface area contributed by atoms with Crippen molar-refractivity contribution in [1.82, 2.24) is 0 Å². The highest BCUT2D eigenvalue weighted by Gasteiger charge is 1.98. The van der Waals surface area contributed by atoms with Gasteiger partial charge in [0.2, 0.25) is 0 Å². The summed E-state index contributed by atoms with van der Waals surface area (Å²) in [6.45, 7) is 11.6. The predicted molar refractivity (Wildman–Crippen MR) is 51.6 cm³/mol. The van der Waals surface area contributed by atoms with Crippen molar-refractivity contribution in [3.63, 3.8) is 0 Å². The summed E-state index contributed by atoms with van der Waals surface area (Å²) >= 11 is 0. The van der Waals surface area contributed by atoms with Crippen LogP contribution in [0.2, 0.25) is 12.6 Å². The molecule has 0 saturated heterocycles. The van der Waals surface area contributed by atoms with Gasteiger partial charge in [-0.05, 0) is 31.5 Å². The molecule has 0 bridgehead atoms. The highest BCUT2D eigenvalue weighted by atomic mass is 28.3. The predicted octanol–water partition coefficient (Wildman–Crippen LogP) is 2.53. The Labute approximate surface area is 75.6 Å². The lowest BCUT2D eigenvalue weighted by atomic mass is 10.3. The standard InChI is InChI=1S/C9H16O2Si/c1-8(2)9(3)11-6-5-7-12(4)10/h1,3,5-7H2,2,4H3. The van der Waals surface area contributed by atoms with E-state index in [1.54, 1.807) is 6.55 Å². The topological polar surface area (TPSA) is 26.3 Å². The van der Waals surface area contributed by atoms with Crippen LogP contribution in [0.1, 0.15) is 13.3 Å². The second kappa shape index (κ2) is 5.89. The van der Waals surface area contributed by atoms with E-state index in [9.17, 15) is 4.46 Å². The van der Waals surface area contributed by atoms with E-state index in [0.717, 1.165) is 18.0 Å². The monoisotopic (exact) mass is 184 g/mol. The van der Waals surface area contributed by atoms with Gasteiger partial charge in [-0.3, -0.25) is 0 Å². The molecular weight excluding hydrogens is 168 g/mol. The van der Waals surface area contributed by atoms with Crippen molar-refractivity contribution in [2.75, 3.05) is 6.61 Å². The van der Waals surface area contributed by atoms with Crippen LogP contribution in [0.4, 0.5) is 0 Å². The van der Waals surface area contributed by atoms with Crippen LogP contribution in [0.5, 0.6) is 0 Å². The maximum Gasteiger partial charge on any atom is 0.273 e. The highest BCUT2D eigenvalue weighted by molar-refractivity contribution is 6.40. The molecule has 0 spiro atoms. The smallest absolute Gasteiger partial charge is 0.273 e. The Bertz CT molecular complexity index is 197. The van der Waals surface area contributed by atoms with Crippen molar-refractivity contribution >= 4 is 8.68 Å². The number of hydrogen-bond donors (Lipinski definition) is 0. The molecule has 12 heavy (non-hydrogen) atoms. The zero-order valence-corrected chi connectivity index (χ0v) is 8.85. The zero-order valence-electron chi connectivity index (χ0n) is 7.85. The SMILES string of the molecule is C=C(C)C(=C)OCCC[Si](C)=O. The van der Waals surface area contributed by atoms with Crippen molar-refractivity contribution in [3.05, 3.63) is 24.5 Å². The van der Waals surface area contributed by atoms with Gasteiger partial charge in [0.05, 0.1) is 6.61 Å². The van der Waals surface area contributed by atoms with Crippen LogP contribution in [-0.2, 0) is 9.20 Å². The Morgan fingerprint density at radius 2 is 2.08 bits per heavy atom. The first-order valence-electron chi connectivity index (χ1n) is 4.01. The van der Waals surface area contributed by atoms with Crippen molar-refractivity contribution in [1.29, 1.82) is 0 Å². The third kappa shape index (κ3) is 6.04. The van der Waals surface area contributed by atoms with Crippen molar-refractivity contribution in [3.8, 4) is 0 Å². The highest BCUT2D eigenvalue weighted by Crippen LogP contribution is 2.06. The van der Waals surface area contributed by atoms with Gasteiger partial charge >= 0.3 is 0 Å². The van der Waals surface area contributed by atoms with Crippen LogP contribution in [0.3, 0.4) is 0 Å². The van der Waals surface area contributed by atoms with E-state index in [2.05, 4.69) is 13.2 Å². The molecule has 0 aromatic carbocycles. The normalized spacial score (nSPS) is 9.17. The van der Waals surface area contributed by atoms with E-state index in [-0.39, 0.29) is 0 Å². The number of rotatable bonds is 6. The lowest BCUT2D eigenvalue weighted by molar-refractivity contribution is 0.221. The van der Waals surface area contributed by atoms with E-state index >= 15 is 0 Å². The van der Waals surface area contributed by atoms with Crippen LogP contribution in [0, 0.1) is 0 Å². The van der Waals surface area contributed by atoms with Crippen LogP contribution in [0.25, 0.3) is 0 Å². The summed E-state index contributed by atoms with van der Waals surface area (Å²) in [5.41, 5.74) is 0.846. The lowest BCUT2D eigenvalue weighted by Crippen LogP contribution is -1.98. The molecule has 0 aromatic heterocycles. The Kier molecular flexibility index (Phi) is 5.54. The zero-order chi connectivity index (χ0) is 9.56. The van der Waals surface area contributed by atoms with Gasteiger partial charge in [0.15, 0.2) is 0 Å². The molecule has 0 amide bonds. The van der Waals surface area contributed by atoms with E-state index in [1.165, 1.54) is 0 Å². The molecule has 68 valence electrons. The first-order chi connectivity index (χ1) is 5.54. The van der Waals surface area contributed by atoms with E-state index < -0.39 is 8.68 Å². The number of ether oxygens (including phenoxy) is 1. The van der Waals surface area contributed by atoms with Gasteiger partial charge < -0.3 is 9.20 Å². The summed E-state index contributed by atoms with van der Waals surface area (Å²) in [4.78, 5) is 0. The summed E-state index contributed by atoms with van der Waals surface area (Å²) in [5, 5.41) is 0. The minimum absolute atomic E-state index is 0.593. The average Bonchev–Trinajstić information content (AvgIpc) is 1.97. The molecule has 0 saturated carbocycles. The number of hydrogen-bond acceptors (Lipinski definition) is 2. The molecule has 0 rings (SSSR count). The van der Waals surface area contributed by atoms with Gasteiger partial charge in [0.1, 0.15) is 5.76 Å². The molecule has 2 nitrogen and oxygen atoms in total. The van der Waals surface area contributed by atoms with Gasteiger partial charge in [0.25, 0.3) is 8.68 Å². The van der Waals surface area contributed by atoms with E-state index in [1.807, 2.05) is 6.92 Å². The fourth-order valence-corrected chi connectivity index (χ4v) is 1.28. The average molecular weight is 184 g/mol. The summed E-state index contributed by atoms with van der Waals surface area (Å²) < 4.78 is 15.9. The largest absolute Gasteiger partial charge is 0.494 e. The van der Waals surface area contributed by atoms with Crippen LogP contribution in [-0.4, -0.2) is 15.3 Å². The maximum atomic E-state index is 10.7. The fraction of sp³-hybridized carbons (Fsp3) is 0.556. The summed E-state index contributed by atoms with van der Waals surface area (Å²) in [6, 6.07) is 0.758. The van der Waals surface area contributed by atoms with Gasteiger partial charge in [-0.1, -0.05) is 13.2 Å². The van der Waals surface area contributed by atoms with Gasteiger partial charge in [-0.2, -0.15) is 0 Å². The first kappa shape index (κ1) is 11.3. The van der Waals surface area contributed by atoms with Crippen LogP contribution >= 0.6 is 0 Å². The van der Waals surface area contributed by atoms with Crippen LogP contribution in [0.15, 0.2) is 24.5 Å². The molecule has 0 unspecified atom stereocenters. The van der Waals surface area contributed by atoms with Crippen molar-refractivity contribution in [2.24, 2.45) is 0 Å². The van der Waals surface area contributed by atoms with Crippen LogP contribution < -0.4 is 0 Å². The summed E-state index contributed by atoms with van der Waals surface area (Å²) in [5.74, 6) is 0.630. The lowest BCUT2D eigenvalue weighted by Gasteiger charge is -2.06. The minimum Gasteiger partial charge on any atom is -0.494 e. The van der Waals surface area contributed by atoms with Crippen molar-refractivity contribution in [2.45, 2.75) is 25.9 Å². The second-order valence-corrected chi connectivity index (χ2v) is 4.76. The Morgan fingerprint density at radius 1 is 1.50 bits per heavy atom. The van der Waals surface area contributed by atoms with E-state index in [0.29, 0.717) is 12.4 Å². The Hall–Kier alpha value is -0.703. The summed E-state index contributed by atoms with van der Waals surface area (Å²) in [7, 11) is -1.33. The molecule has 0 aromatic rings. The molecule has 0 aliphatic rings. The molecule has 0 atom stereocenters.